The summed E-state index contributed by atoms with van der Waals surface area (Å²) in [7, 11) is 3.52. The summed E-state index contributed by atoms with van der Waals surface area (Å²) < 4.78 is 5.19. The van der Waals surface area contributed by atoms with Gasteiger partial charge in [0.1, 0.15) is 27.3 Å². The smallest absolute Gasteiger partial charge is 0.163 e. The third-order valence-corrected chi connectivity index (χ3v) is 4.92. The Balaban J connectivity index is 2.26. The van der Waals surface area contributed by atoms with E-state index in [1.54, 1.807) is 13.3 Å². The van der Waals surface area contributed by atoms with Gasteiger partial charge >= 0.3 is 0 Å². The van der Waals surface area contributed by atoms with Gasteiger partial charge in [0.2, 0.25) is 0 Å². The number of thiophene rings is 1. The number of nitriles is 1. The van der Waals surface area contributed by atoms with E-state index in [0.29, 0.717) is 10.7 Å². The summed E-state index contributed by atoms with van der Waals surface area (Å²) >= 11 is 1.38. The topological polar surface area (TPSA) is 62.0 Å². The lowest BCUT2D eigenvalue weighted by molar-refractivity contribution is 0.415. The third-order valence-electron chi connectivity index (χ3n) is 3.83. The lowest BCUT2D eigenvalue weighted by atomic mass is 10.1. The lowest BCUT2D eigenvalue weighted by Gasteiger charge is -2.15. The van der Waals surface area contributed by atoms with Crippen molar-refractivity contribution in [2.24, 2.45) is 0 Å². The quantitative estimate of drug-likeness (QED) is 0.717. The molecule has 24 heavy (non-hydrogen) atoms. The summed E-state index contributed by atoms with van der Waals surface area (Å²) in [5, 5.41) is 10.2. The molecule has 0 bridgehead atoms. The summed E-state index contributed by atoms with van der Waals surface area (Å²) in [5.74, 6) is 2.14. The number of fused-ring (bicyclic) bond motifs is 1. The molecule has 120 valence electrons. The summed E-state index contributed by atoms with van der Waals surface area (Å²) in [6.07, 6.45) is 1.70. The molecular formula is C18H16N4OS. The fraction of sp³-hybridized carbons (Fsp3) is 0.167. The normalized spacial score (nSPS) is 10.4. The minimum atomic E-state index is 0.611. The average Bonchev–Trinajstić information content (AvgIpc) is 2.96. The van der Waals surface area contributed by atoms with Crippen LogP contribution in [0, 0.1) is 18.3 Å². The Bertz CT molecular complexity index is 954. The van der Waals surface area contributed by atoms with Crippen molar-refractivity contribution in [3.8, 4) is 23.2 Å². The molecular weight excluding hydrogens is 320 g/mol. The number of methoxy groups -OCH3 is 1. The molecule has 0 amide bonds. The first-order valence-electron chi connectivity index (χ1n) is 7.30. The maximum absolute atomic E-state index is 9.31. The molecule has 3 aromatic rings. The number of rotatable bonds is 4. The maximum atomic E-state index is 9.31. The van der Waals surface area contributed by atoms with Gasteiger partial charge < -0.3 is 9.64 Å². The first-order valence-corrected chi connectivity index (χ1v) is 8.11. The largest absolute Gasteiger partial charge is 0.497 e. The molecule has 0 fully saturated rings. The van der Waals surface area contributed by atoms with Gasteiger partial charge in [-0.25, -0.2) is 9.97 Å². The van der Waals surface area contributed by atoms with E-state index < -0.39 is 0 Å². The van der Waals surface area contributed by atoms with E-state index in [4.69, 9.17) is 9.72 Å². The van der Waals surface area contributed by atoms with Gasteiger partial charge in [0.05, 0.1) is 12.5 Å². The van der Waals surface area contributed by atoms with Crippen LogP contribution in [0.2, 0.25) is 0 Å². The number of hydrogen-bond donors (Lipinski definition) is 0. The van der Waals surface area contributed by atoms with Crippen LogP contribution in [0.25, 0.3) is 21.6 Å². The Hall–Kier alpha value is -2.91. The molecule has 0 saturated carbocycles. The third kappa shape index (κ3) is 2.59. The molecule has 0 saturated heterocycles. The van der Waals surface area contributed by atoms with Gasteiger partial charge in [-0.2, -0.15) is 5.26 Å². The molecule has 2 aromatic heterocycles. The van der Waals surface area contributed by atoms with Crippen molar-refractivity contribution >= 4 is 27.4 Å². The highest BCUT2D eigenvalue weighted by Gasteiger charge is 2.18. The number of ether oxygens (including phenoxy) is 1. The van der Waals surface area contributed by atoms with Gasteiger partial charge in [-0.1, -0.05) is 6.58 Å². The Morgan fingerprint density at radius 3 is 2.58 bits per heavy atom. The van der Waals surface area contributed by atoms with E-state index in [2.05, 4.69) is 17.6 Å². The van der Waals surface area contributed by atoms with Gasteiger partial charge in [-0.05, 0) is 43.0 Å². The predicted molar refractivity (Wildman–Crippen MR) is 97.5 cm³/mol. The van der Waals surface area contributed by atoms with Crippen LogP contribution in [0.4, 0.5) is 5.82 Å². The molecule has 0 aliphatic heterocycles. The Morgan fingerprint density at radius 2 is 2.00 bits per heavy atom. The number of nitrogens with zero attached hydrogens (tertiary/aromatic N) is 4. The highest BCUT2D eigenvalue weighted by molar-refractivity contribution is 7.19. The van der Waals surface area contributed by atoms with Crippen molar-refractivity contribution in [1.29, 1.82) is 5.26 Å². The lowest BCUT2D eigenvalue weighted by Crippen LogP contribution is -2.11. The number of anilines is 1. The number of hydrogen-bond acceptors (Lipinski definition) is 6. The molecule has 6 heteroatoms. The van der Waals surface area contributed by atoms with E-state index >= 15 is 0 Å². The van der Waals surface area contributed by atoms with Crippen molar-refractivity contribution < 1.29 is 4.74 Å². The molecule has 0 aliphatic carbocycles. The fourth-order valence-corrected chi connectivity index (χ4v) is 3.41. The molecule has 0 N–H and O–H groups in total. The first-order chi connectivity index (χ1) is 11.6. The van der Waals surface area contributed by atoms with Gasteiger partial charge in [0, 0.05) is 12.6 Å². The highest BCUT2D eigenvalue weighted by atomic mass is 32.1. The van der Waals surface area contributed by atoms with E-state index in [0.717, 1.165) is 32.9 Å². The van der Waals surface area contributed by atoms with Crippen LogP contribution < -0.4 is 9.64 Å². The second-order valence-electron chi connectivity index (χ2n) is 5.24. The SMILES string of the molecule is C=CN(C)c1nc(-c2ccc(OC)cc2)nc2sc(C#N)c(C)c12. The van der Waals surface area contributed by atoms with Gasteiger partial charge in [0.25, 0.3) is 0 Å². The molecule has 0 aliphatic rings. The second-order valence-corrected chi connectivity index (χ2v) is 6.24. The van der Waals surface area contributed by atoms with E-state index in [9.17, 15) is 5.26 Å². The zero-order valence-electron chi connectivity index (χ0n) is 13.7. The standard InChI is InChI=1S/C18H16N4OS/c1-5-22(3)17-15-11(2)14(10-19)24-18(15)21-16(20-17)12-6-8-13(23-4)9-7-12/h5-9H,1H2,2-4H3. The number of aryl methyl sites for hydroxylation is 1. The van der Waals surface area contributed by atoms with Crippen LogP contribution >= 0.6 is 11.3 Å². The van der Waals surface area contributed by atoms with Crippen molar-refractivity contribution in [2.45, 2.75) is 6.92 Å². The van der Waals surface area contributed by atoms with Crippen LogP contribution in [0.15, 0.2) is 37.0 Å². The summed E-state index contributed by atoms with van der Waals surface area (Å²) in [5.41, 5.74) is 1.79. The molecule has 0 spiro atoms. The van der Waals surface area contributed by atoms with Crippen LogP contribution in [0.1, 0.15) is 10.4 Å². The first kappa shape index (κ1) is 16.0. The molecule has 1 aromatic carbocycles. The molecule has 2 heterocycles. The molecule has 0 radical (unpaired) electrons. The van der Waals surface area contributed by atoms with E-state index in [-0.39, 0.29) is 0 Å². The number of aromatic nitrogens is 2. The second kappa shape index (κ2) is 6.30. The summed E-state index contributed by atoms with van der Waals surface area (Å²) in [4.78, 5) is 12.7. The molecule has 3 rings (SSSR count). The van der Waals surface area contributed by atoms with Gasteiger partial charge in [-0.3, -0.25) is 0 Å². The molecule has 0 atom stereocenters. The van der Waals surface area contributed by atoms with Crippen LogP contribution in [0.5, 0.6) is 5.75 Å². The monoisotopic (exact) mass is 336 g/mol. The van der Waals surface area contributed by atoms with Crippen LogP contribution in [-0.2, 0) is 0 Å². The average molecular weight is 336 g/mol. The van der Waals surface area contributed by atoms with Crippen molar-refractivity contribution in [2.75, 3.05) is 19.1 Å². The van der Waals surface area contributed by atoms with E-state index in [1.807, 2.05) is 43.1 Å². The highest BCUT2D eigenvalue weighted by Crippen LogP contribution is 2.36. The van der Waals surface area contributed by atoms with Crippen molar-refractivity contribution in [3.05, 3.63) is 47.5 Å². The summed E-state index contributed by atoms with van der Waals surface area (Å²) in [6, 6.07) is 9.82. The number of benzene rings is 1. The van der Waals surface area contributed by atoms with Crippen LogP contribution in [-0.4, -0.2) is 24.1 Å². The Kier molecular flexibility index (Phi) is 4.19. The maximum Gasteiger partial charge on any atom is 0.163 e. The van der Waals surface area contributed by atoms with Crippen LogP contribution in [0.3, 0.4) is 0 Å². The minimum absolute atomic E-state index is 0.611. The van der Waals surface area contributed by atoms with E-state index in [1.165, 1.54) is 11.3 Å². The van der Waals surface area contributed by atoms with Gasteiger partial charge in [0.15, 0.2) is 5.82 Å². The summed E-state index contributed by atoms with van der Waals surface area (Å²) in [6.45, 7) is 5.74. The Morgan fingerprint density at radius 1 is 1.29 bits per heavy atom. The fourth-order valence-electron chi connectivity index (χ4n) is 2.44. The Labute approximate surface area is 144 Å². The molecule has 5 nitrogen and oxygen atoms in total. The zero-order valence-corrected chi connectivity index (χ0v) is 14.5. The van der Waals surface area contributed by atoms with Crippen molar-refractivity contribution in [1.82, 2.24) is 9.97 Å². The van der Waals surface area contributed by atoms with Crippen molar-refractivity contribution in [3.63, 3.8) is 0 Å². The minimum Gasteiger partial charge on any atom is -0.497 e. The molecule has 0 unspecified atom stereocenters. The zero-order chi connectivity index (χ0) is 17.3. The van der Waals surface area contributed by atoms with Gasteiger partial charge in [-0.15, -0.1) is 11.3 Å². The predicted octanol–water partition coefficient (Wildman–Crippen LogP) is 4.13.